The number of ketones is 2. The van der Waals surface area contributed by atoms with E-state index in [-0.39, 0.29) is 11.4 Å². The van der Waals surface area contributed by atoms with Crippen molar-refractivity contribution in [2.75, 3.05) is 32.8 Å². The number of carbonyl (C=O) groups excluding carboxylic acids is 3. The topological polar surface area (TPSA) is 117 Å². The van der Waals surface area contributed by atoms with Gasteiger partial charge in [-0.15, -0.1) is 0 Å². The summed E-state index contributed by atoms with van der Waals surface area (Å²) in [6.45, 7) is 3.93. The molecule has 0 saturated carbocycles. The van der Waals surface area contributed by atoms with Gasteiger partial charge in [0.1, 0.15) is 11.7 Å². The van der Waals surface area contributed by atoms with Crippen LogP contribution in [0.5, 0.6) is 23.0 Å². The summed E-state index contributed by atoms with van der Waals surface area (Å²) in [5.74, 6) is -1.40. The summed E-state index contributed by atoms with van der Waals surface area (Å²) >= 11 is 0. The van der Waals surface area contributed by atoms with E-state index in [1.54, 1.807) is 31.2 Å². The van der Waals surface area contributed by atoms with Crippen molar-refractivity contribution in [1.82, 2.24) is 5.16 Å². The number of ether oxygens (including phenoxy) is 4. The molecule has 2 aromatic carbocycles. The molecule has 0 N–H and O–H groups in total. The molecule has 1 aliphatic rings. The summed E-state index contributed by atoms with van der Waals surface area (Å²) in [5.41, 5.74) is 0.689. The Hall–Kier alpha value is -4.34. The molecule has 1 fully saturated rings. The van der Waals surface area contributed by atoms with Crippen molar-refractivity contribution < 1.29 is 37.9 Å². The van der Waals surface area contributed by atoms with Gasteiger partial charge in [0, 0.05) is 11.6 Å². The van der Waals surface area contributed by atoms with Crippen LogP contribution in [0.25, 0.3) is 0 Å². The average Bonchev–Trinajstić information content (AvgIpc) is 3.43. The molecule has 0 radical (unpaired) electrons. The molecule has 4 rings (SSSR count). The zero-order valence-corrected chi connectivity index (χ0v) is 20.6. The summed E-state index contributed by atoms with van der Waals surface area (Å²) in [5, 5.41) is 3.94. The minimum Gasteiger partial charge on any atom is -0.493 e. The Morgan fingerprint density at radius 2 is 1.61 bits per heavy atom. The van der Waals surface area contributed by atoms with Crippen molar-refractivity contribution in [3.05, 3.63) is 59.4 Å². The van der Waals surface area contributed by atoms with E-state index in [0.717, 1.165) is 0 Å². The third-order valence-corrected chi connectivity index (χ3v) is 5.95. The standard InChI is InChI=1S/C26H26N2O8/c1-6-35-18-10-7-15(12-20(18)34-5)23-22(24(29)16-8-9-17(32-3)19(13-16)33-4)25(30)26(31)28(23)21-11-14(2)36-27-21/h7-13,22-23H,6H2,1-5H3. The Labute approximate surface area is 207 Å². The first-order chi connectivity index (χ1) is 17.3. The van der Waals surface area contributed by atoms with Gasteiger partial charge >= 0.3 is 0 Å². The Morgan fingerprint density at radius 1 is 0.944 bits per heavy atom. The van der Waals surface area contributed by atoms with E-state index in [1.807, 2.05) is 6.92 Å². The highest BCUT2D eigenvalue weighted by Crippen LogP contribution is 2.43. The molecule has 10 heteroatoms. The van der Waals surface area contributed by atoms with Crippen LogP contribution in [-0.4, -0.2) is 50.6 Å². The van der Waals surface area contributed by atoms with E-state index >= 15 is 0 Å². The van der Waals surface area contributed by atoms with Crippen LogP contribution < -0.4 is 23.8 Å². The summed E-state index contributed by atoms with van der Waals surface area (Å²) in [7, 11) is 4.41. The van der Waals surface area contributed by atoms with E-state index in [1.165, 1.54) is 44.4 Å². The van der Waals surface area contributed by atoms with Crippen molar-refractivity contribution >= 4 is 23.3 Å². The first-order valence-corrected chi connectivity index (χ1v) is 11.2. The maximum absolute atomic E-state index is 13.8. The number of anilines is 1. The van der Waals surface area contributed by atoms with Gasteiger partial charge in [-0.1, -0.05) is 11.2 Å². The molecule has 0 bridgehead atoms. The molecule has 1 saturated heterocycles. The predicted molar refractivity (Wildman–Crippen MR) is 128 cm³/mol. The molecule has 36 heavy (non-hydrogen) atoms. The number of benzene rings is 2. The van der Waals surface area contributed by atoms with Crippen LogP contribution in [0.15, 0.2) is 47.0 Å². The molecular weight excluding hydrogens is 468 g/mol. The third-order valence-electron chi connectivity index (χ3n) is 5.95. The van der Waals surface area contributed by atoms with Crippen molar-refractivity contribution in [3.8, 4) is 23.0 Å². The molecule has 1 aliphatic heterocycles. The SMILES string of the molecule is CCOc1ccc(C2C(C(=O)c3ccc(OC)c(OC)c3)C(=O)C(=O)N2c2cc(C)on2)cc1OC. The average molecular weight is 495 g/mol. The maximum Gasteiger partial charge on any atom is 0.297 e. The second kappa shape index (κ2) is 10.1. The van der Waals surface area contributed by atoms with Crippen molar-refractivity contribution in [2.45, 2.75) is 19.9 Å². The van der Waals surface area contributed by atoms with Crippen LogP contribution >= 0.6 is 0 Å². The second-order valence-corrected chi connectivity index (χ2v) is 8.03. The Bertz CT molecular complexity index is 1320. The summed E-state index contributed by atoms with van der Waals surface area (Å²) in [4.78, 5) is 41.5. The van der Waals surface area contributed by atoms with Gasteiger partial charge in [-0.3, -0.25) is 19.3 Å². The van der Waals surface area contributed by atoms with Crippen molar-refractivity contribution in [1.29, 1.82) is 0 Å². The lowest BCUT2D eigenvalue weighted by molar-refractivity contribution is -0.135. The number of aryl methyl sites for hydroxylation is 1. The molecule has 2 atom stereocenters. The number of carbonyl (C=O) groups is 3. The maximum atomic E-state index is 13.8. The normalized spacial score (nSPS) is 17.3. The first kappa shape index (κ1) is 24.8. The number of nitrogens with zero attached hydrogens (tertiary/aromatic N) is 2. The summed E-state index contributed by atoms with van der Waals surface area (Å²) in [6, 6.07) is 10.1. The predicted octanol–water partition coefficient (Wildman–Crippen LogP) is 3.56. The van der Waals surface area contributed by atoms with E-state index in [4.69, 9.17) is 23.5 Å². The molecular formula is C26H26N2O8. The van der Waals surface area contributed by atoms with Gasteiger partial charge in [-0.05, 0) is 49.7 Å². The van der Waals surface area contributed by atoms with Gasteiger partial charge in [0.05, 0.1) is 34.0 Å². The number of hydrogen-bond acceptors (Lipinski definition) is 9. The van der Waals surface area contributed by atoms with Crippen molar-refractivity contribution in [3.63, 3.8) is 0 Å². The molecule has 0 spiro atoms. The molecule has 3 aromatic rings. The van der Waals surface area contributed by atoms with Gasteiger partial charge < -0.3 is 23.5 Å². The first-order valence-electron chi connectivity index (χ1n) is 11.2. The summed E-state index contributed by atoms with van der Waals surface area (Å²) < 4.78 is 26.8. The van der Waals surface area contributed by atoms with E-state index in [2.05, 4.69) is 5.16 Å². The fourth-order valence-electron chi connectivity index (χ4n) is 4.30. The Balaban J connectivity index is 1.86. The molecule has 2 heterocycles. The van der Waals surface area contributed by atoms with Gasteiger partial charge in [-0.25, -0.2) is 0 Å². The minimum atomic E-state index is -1.35. The van der Waals surface area contributed by atoms with Crippen molar-refractivity contribution in [2.24, 2.45) is 5.92 Å². The fraction of sp³-hybridized carbons (Fsp3) is 0.308. The van der Waals surface area contributed by atoms with Crippen LogP contribution in [0.3, 0.4) is 0 Å². The van der Waals surface area contributed by atoms with E-state index in [0.29, 0.717) is 40.9 Å². The Morgan fingerprint density at radius 3 is 2.22 bits per heavy atom. The molecule has 0 aliphatic carbocycles. The molecule has 188 valence electrons. The van der Waals surface area contributed by atoms with Crippen LogP contribution in [0.1, 0.15) is 34.6 Å². The Kier molecular flexibility index (Phi) is 6.96. The number of methoxy groups -OCH3 is 3. The van der Waals surface area contributed by atoms with Crippen LogP contribution in [-0.2, 0) is 9.59 Å². The molecule has 10 nitrogen and oxygen atoms in total. The fourth-order valence-corrected chi connectivity index (χ4v) is 4.30. The molecule has 1 amide bonds. The van der Waals surface area contributed by atoms with E-state index in [9.17, 15) is 14.4 Å². The molecule has 1 aromatic heterocycles. The lowest BCUT2D eigenvalue weighted by atomic mass is 9.86. The quantitative estimate of drug-likeness (QED) is 0.250. The lowest BCUT2D eigenvalue weighted by Crippen LogP contribution is -2.31. The summed E-state index contributed by atoms with van der Waals surface area (Å²) in [6.07, 6.45) is 0. The zero-order valence-electron chi connectivity index (χ0n) is 20.6. The van der Waals surface area contributed by atoms with Crippen LogP contribution in [0, 0.1) is 12.8 Å². The highest BCUT2D eigenvalue weighted by molar-refractivity contribution is 6.48. The minimum absolute atomic E-state index is 0.131. The van der Waals surface area contributed by atoms with Gasteiger partial charge in [0.2, 0.25) is 5.78 Å². The van der Waals surface area contributed by atoms with Crippen LogP contribution in [0.2, 0.25) is 0 Å². The largest absolute Gasteiger partial charge is 0.493 e. The highest BCUT2D eigenvalue weighted by Gasteiger charge is 2.53. The van der Waals surface area contributed by atoms with Gasteiger partial charge in [0.25, 0.3) is 5.91 Å². The zero-order chi connectivity index (χ0) is 26.0. The third kappa shape index (κ3) is 4.26. The number of amides is 1. The monoisotopic (exact) mass is 494 g/mol. The second-order valence-electron chi connectivity index (χ2n) is 8.03. The van der Waals surface area contributed by atoms with Crippen LogP contribution in [0.4, 0.5) is 5.82 Å². The smallest absolute Gasteiger partial charge is 0.297 e. The number of rotatable bonds is 9. The van der Waals surface area contributed by atoms with Gasteiger partial charge in [-0.2, -0.15) is 0 Å². The molecule has 2 unspecified atom stereocenters. The number of aromatic nitrogens is 1. The van der Waals surface area contributed by atoms with Gasteiger partial charge in [0.15, 0.2) is 34.6 Å². The highest BCUT2D eigenvalue weighted by atomic mass is 16.5. The number of hydrogen-bond donors (Lipinski definition) is 0. The van der Waals surface area contributed by atoms with E-state index < -0.39 is 29.4 Å². The lowest BCUT2D eigenvalue weighted by Gasteiger charge is -2.26. The number of Topliss-reactive ketones (excluding diaryl/α,β-unsaturated/α-hetero) is 2.